The highest BCUT2D eigenvalue weighted by atomic mass is 35.5. The molecule has 104 valence electrons. The Balaban J connectivity index is 0. The van der Waals surface area contributed by atoms with Crippen LogP contribution in [0.4, 0.5) is 0 Å². The van der Waals surface area contributed by atoms with Gasteiger partial charge in [-0.05, 0) is 59.0 Å². The van der Waals surface area contributed by atoms with Crippen LogP contribution in [0.2, 0.25) is 5.02 Å². The van der Waals surface area contributed by atoms with Gasteiger partial charge in [0.05, 0.1) is 0 Å². The standard InChI is InChI=1S/C7H7Cl.C6H11N.C4H6/c1-6-2-4-7(8)5-3-6;1-6(2)4-3-5-7;1-3-4-2/h2-5H,1H3;3-5H,7H2,1-2H3;1-2H3/b;5-3-;. The second kappa shape index (κ2) is 14.4. The van der Waals surface area contributed by atoms with Crippen LogP contribution in [0.5, 0.6) is 0 Å². The summed E-state index contributed by atoms with van der Waals surface area (Å²) in [6.45, 7) is 9.73. The molecule has 0 spiro atoms. The molecular weight excluding hydrogens is 254 g/mol. The molecular formula is C17H24ClN. The Morgan fingerprint density at radius 2 is 1.58 bits per heavy atom. The van der Waals surface area contributed by atoms with Crippen LogP contribution in [0.3, 0.4) is 0 Å². The van der Waals surface area contributed by atoms with E-state index >= 15 is 0 Å². The van der Waals surface area contributed by atoms with Crippen molar-refractivity contribution in [1.82, 2.24) is 0 Å². The van der Waals surface area contributed by atoms with E-state index in [4.69, 9.17) is 17.3 Å². The van der Waals surface area contributed by atoms with Gasteiger partial charge in [0.1, 0.15) is 0 Å². The number of rotatable bonds is 1. The fourth-order valence-electron chi connectivity index (χ4n) is 0.781. The van der Waals surface area contributed by atoms with Gasteiger partial charge in [-0.15, -0.1) is 11.8 Å². The highest BCUT2D eigenvalue weighted by Crippen LogP contribution is 2.07. The minimum Gasteiger partial charge on any atom is -0.405 e. The molecule has 2 heteroatoms. The lowest BCUT2D eigenvalue weighted by molar-refractivity contribution is 1.39. The molecule has 0 aliphatic carbocycles. The summed E-state index contributed by atoms with van der Waals surface area (Å²) >= 11 is 5.61. The van der Waals surface area contributed by atoms with Gasteiger partial charge in [-0.2, -0.15) is 0 Å². The summed E-state index contributed by atoms with van der Waals surface area (Å²) in [6, 6.07) is 7.75. The van der Waals surface area contributed by atoms with Crippen molar-refractivity contribution < 1.29 is 0 Å². The molecule has 0 fully saturated rings. The quantitative estimate of drug-likeness (QED) is 0.561. The number of allylic oxidation sites excluding steroid dienone is 3. The highest BCUT2D eigenvalue weighted by molar-refractivity contribution is 6.30. The monoisotopic (exact) mass is 277 g/mol. The van der Waals surface area contributed by atoms with Crippen LogP contribution >= 0.6 is 11.6 Å². The van der Waals surface area contributed by atoms with Crippen molar-refractivity contribution in [2.24, 2.45) is 5.73 Å². The summed E-state index contributed by atoms with van der Waals surface area (Å²) in [4.78, 5) is 0. The maximum absolute atomic E-state index is 5.61. The Hall–Kier alpha value is -1.65. The lowest BCUT2D eigenvalue weighted by Crippen LogP contribution is -1.72. The third-order valence-electron chi connectivity index (χ3n) is 1.80. The molecule has 0 aliphatic rings. The maximum Gasteiger partial charge on any atom is 0.0406 e. The summed E-state index contributed by atoms with van der Waals surface area (Å²) < 4.78 is 0. The van der Waals surface area contributed by atoms with Gasteiger partial charge in [0, 0.05) is 5.02 Å². The SMILES string of the molecule is CC#CC.CC(C)=C/C=C\N.Cc1ccc(Cl)cc1. The predicted molar refractivity (Wildman–Crippen MR) is 88.1 cm³/mol. The molecule has 1 rings (SSSR count). The normalized spacial score (nSPS) is 8.11. The number of hydrogen-bond acceptors (Lipinski definition) is 1. The predicted octanol–water partition coefficient (Wildman–Crippen LogP) is 5.10. The van der Waals surface area contributed by atoms with Crippen molar-refractivity contribution in [3.05, 3.63) is 58.8 Å². The third kappa shape index (κ3) is 18.9. The molecule has 1 aromatic rings. The van der Waals surface area contributed by atoms with E-state index in [1.807, 2.05) is 71.0 Å². The van der Waals surface area contributed by atoms with Crippen LogP contribution < -0.4 is 5.73 Å². The van der Waals surface area contributed by atoms with Crippen molar-refractivity contribution in [3.8, 4) is 11.8 Å². The van der Waals surface area contributed by atoms with Crippen molar-refractivity contribution >= 4 is 11.6 Å². The summed E-state index contributed by atoms with van der Waals surface area (Å²) in [6.07, 6.45) is 5.29. The third-order valence-corrected chi connectivity index (χ3v) is 2.05. The van der Waals surface area contributed by atoms with Crippen LogP contribution in [0.25, 0.3) is 0 Å². The van der Waals surface area contributed by atoms with Crippen molar-refractivity contribution in [2.75, 3.05) is 0 Å². The van der Waals surface area contributed by atoms with E-state index in [0.717, 1.165) is 5.02 Å². The van der Waals surface area contributed by atoms with Crippen LogP contribution in [-0.4, -0.2) is 0 Å². The molecule has 0 heterocycles. The second-order valence-electron chi connectivity index (χ2n) is 3.92. The second-order valence-corrected chi connectivity index (χ2v) is 4.36. The zero-order valence-corrected chi connectivity index (χ0v) is 13.3. The minimum atomic E-state index is 0.801. The van der Waals surface area contributed by atoms with Crippen molar-refractivity contribution in [1.29, 1.82) is 0 Å². The van der Waals surface area contributed by atoms with Gasteiger partial charge in [-0.3, -0.25) is 0 Å². The molecule has 0 saturated carbocycles. The van der Waals surface area contributed by atoms with Crippen LogP contribution in [0.1, 0.15) is 33.3 Å². The Morgan fingerprint density at radius 3 is 1.79 bits per heavy atom. The Morgan fingerprint density at radius 1 is 1.11 bits per heavy atom. The maximum atomic E-state index is 5.61. The van der Waals surface area contributed by atoms with E-state index in [1.165, 1.54) is 17.3 Å². The topological polar surface area (TPSA) is 26.0 Å². The first-order valence-corrected chi connectivity index (χ1v) is 6.43. The fraction of sp³-hybridized carbons (Fsp3) is 0.294. The Kier molecular flexibility index (Phi) is 14.9. The summed E-state index contributed by atoms with van der Waals surface area (Å²) in [5.74, 6) is 5.36. The smallest absolute Gasteiger partial charge is 0.0406 e. The van der Waals surface area contributed by atoms with Crippen LogP contribution in [-0.2, 0) is 0 Å². The van der Waals surface area contributed by atoms with Gasteiger partial charge in [0.2, 0.25) is 0 Å². The molecule has 0 amide bonds. The number of halogens is 1. The van der Waals surface area contributed by atoms with Gasteiger partial charge in [0.25, 0.3) is 0 Å². The van der Waals surface area contributed by atoms with Gasteiger partial charge >= 0.3 is 0 Å². The molecule has 1 nitrogen and oxygen atoms in total. The first kappa shape index (κ1) is 19.7. The fourth-order valence-corrected chi connectivity index (χ4v) is 0.907. The molecule has 0 aliphatic heterocycles. The van der Waals surface area contributed by atoms with E-state index in [1.54, 1.807) is 0 Å². The van der Waals surface area contributed by atoms with Crippen LogP contribution in [0.15, 0.2) is 48.2 Å². The molecule has 2 N–H and O–H groups in total. The molecule has 0 aromatic heterocycles. The average molecular weight is 278 g/mol. The first-order chi connectivity index (χ1) is 8.97. The van der Waals surface area contributed by atoms with E-state index in [-0.39, 0.29) is 0 Å². The number of hydrogen-bond donors (Lipinski definition) is 1. The zero-order chi connectivity index (χ0) is 15.1. The van der Waals surface area contributed by atoms with Gasteiger partial charge in [-0.25, -0.2) is 0 Å². The number of benzene rings is 1. The van der Waals surface area contributed by atoms with Crippen molar-refractivity contribution in [3.63, 3.8) is 0 Å². The van der Waals surface area contributed by atoms with E-state index in [9.17, 15) is 0 Å². The minimum absolute atomic E-state index is 0.801. The molecule has 0 atom stereocenters. The van der Waals surface area contributed by atoms with E-state index in [2.05, 4.69) is 11.8 Å². The summed E-state index contributed by atoms with van der Waals surface area (Å²) in [7, 11) is 0. The molecule has 19 heavy (non-hydrogen) atoms. The van der Waals surface area contributed by atoms with Gasteiger partial charge in [0.15, 0.2) is 0 Å². The van der Waals surface area contributed by atoms with Crippen LogP contribution in [0, 0.1) is 18.8 Å². The molecule has 0 radical (unpaired) electrons. The van der Waals surface area contributed by atoms with Gasteiger partial charge < -0.3 is 5.73 Å². The lowest BCUT2D eigenvalue weighted by Gasteiger charge is -1.88. The van der Waals surface area contributed by atoms with Crippen molar-refractivity contribution in [2.45, 2.75) is 34.6 Å². The first-order valence-electron chi connectivity index (χ1n) is 6.05. The van der Waals surface area contributed by atoms with Gasteiger partial charge in [-0.1, -0.05) is 40.9 Å². The molecule has 1 aromatic carbocycles. The molecule has 0 bridgehead atoms. The zero-order valence-electron chi connectivity index (χ0n) is 12.5. The van der Waals surface area contributed by atoms with E-state index in [0.29, 0.717) is 0 Å². The summed E-state index contributed by atoms with van der Waals surface area (Å²) in [5, 5.41) is 0.801. The molecule has 0 saturated heterocycles. The number of aryl methyl sites for hydroxylation is 1. The molecule has 0 unspecified atom stereocenters. The lowest BCUT2D eigenvalue weighted by atomic mass is 10.2. The summed E-state index contributed by atoms with van der Waals surface area (Å²) in [5.41, 5.74) is 7.56. The highest BCUT2D eigenvalue weighted by Gasteiger charge is 1.81. The largest absolute Gasteiger partial charge is 0.405 e. The Labute approximate surface area is 123 Å². The average Bonchev–Trinajstić information content (AvgIpc) is 2.40. The number of nitrogens with two attached hydrogens (primary N) is 1. The van der Waals surface area contributed by atoms with E-state index < -0.39 is 0 Å². The Bertz CT molecular complexity index is 400.